The van der Waals surface area contributed by atoms with Crippen LogP contribution in [-0.4, -0.2) is 13.7 Å². The van der Waals surface area contributed by atoms with Crippen molar-refractivity contribution in [2.24, 2.45) is 38.4 Å². The fourth-order valence-electron chi connectivity index (χ4n) is 10.0. The second-order valence-corrected chi connectivity index (χ2v) is 18.0. The third-order valence-corrected chi connectivity index (χ3v) is 10.7. The average molecular weight is 569 g/mol. The molecule has 1 aromatic rings. The highest BCUT2D eigenvalue weighted by Gasteiger charge is 2.44. The largest absolute Gasteiger partial charge is 0.336 e. The summed E-state index contributed by atoms with van der Waals surface area (Å²) >= 11 is 0. The van der Waals surface area contributed by atoms with Gasteiger partial charge < -0.3 is 0 Å². The molecule has 3 saturated carbocycles. The molecule has 1 aromatic heterocycles. The quantitative estimate of drug-likeness (QED) is 0.380. The second-order valence-electron chi connectivity index (χ2n) is 18.0. The fourth-order valence-corrected chi connectivity index (χ4v) is 10.0. The molecule has 4 atom stereocenters. The SMILES string of the molecule is CC1(C)CCCC(C)(Cn2c(=O)n(CC3(C)CCCC(C)(C)C3)c(=O)n(CC3(C)CC(C#N)CC(C)(C)C3)c2=O)C1. The Morgan fingerprint density at radius 1 is 0.585 bits per heavy atom. The van der Waals surface area contributed by atoms with Crippen LogP contribution in [0.4, 0.5) is 0 Å². The predicted molar refractivity (Wildman–Crippen MR) is 165 cm³/mol. The van der Waals surface area contributed by atoms with E-state index in [0.29, 0.717) is 19.5 Å². The van der Waals surface area contributed by atoms with Gasteiger partial charge in [0.05, 0.1) is 6.07 Å². The number of aromatic nitrogens is 3. The highest BCUT2D eigenvalue weighted by atomic mass is 16.2. The number of hydrogen-bond donors (Lipinski definition) is 0. The maximum absolute atomic E-state index is 14.2. The molecule has 0 amide bonds. The predicted octanol–water partition coefficient (Wildman–Crippen LogP) is 6.74. The van der Waals surface area contributed by atoms with Crippen molar-refractivity contribution in [1.82, 2.24) is 13.7 Å². The topological polar surface area (TPSA) is 89.8 Å². The minimum absolute atomic E-state index is 0.0627. The third kappa shape index (κ3) is 7.11. The van der Waals surface area contributed by atoms with Gasteiger partial charge in [-0.1, -0.05) is 75.2 Å². The molecule has 7 nitrogen and oxygen atoms in total. The monoisotopic (exact) mass is 568 g/mol. The van der Waals surface area contributed by atoms with Crippen LogP contribution in [0.25, 0.3) is 0 Å². The Morgan fingerprint density at radius 3 is 1.32 bits per heavy atom. The molecule has 41 heavy (non-hydrogen) atoms. The average Bonchev–Trinajstić information content (AvgIpc) is 2.79. The maximum Gasteiger partial charge on any atom is 0.336 e. The second kappa shape index (κ2) is 10.6. The first-order chi connectivity index (χ1) is 18.7. The van der Waals surface area contributed by atoms with Crippen LogP contribution in [0, 0.1) is 49.7 Å². The first-order valence-electron chi connectivity index (χ1n) is 16.0. The summed E-state index contributed by atoms with van der Waals surface area (Å²) in [6.07, 6.45) is 10.5. The van der Waals surface area contributed by atoms with Crippen molar-refractivity contribution < 1.29 is 0 Å². The van der Waals surface area contributed by atoms with Gasteiger partial charge in [0.15, 0.2) is 0 Å². The fraction of sp³-hybridized carbons (Fsp3) is 0.882. The summed E-state index contributed by atoms with van der Waals surface area (Å²) in [5.74, 6) is -0.112. The summed E-state index contributed by atoms with van der Waals surface area (Å²) < 4.78 is 4.17. The first-order valence-corrected chi connectivity index (χ1v) is 16.0. The molecule has 3 aliphatic rings. The van der Waals surface area contributed by atoms with Gasteiger partial charge in [-0.25, -0.2) is 28.1 Å². The summed E-state index contributed by atoms with van der Waals surface area (Å²) in [6.45, 7) is 20.9. The van der Waals surface area contributed by atoms with Gasteiger partial charge in [0, 0.05) is 25.6 Å². The minimum Gasteiger partial charge on any atom is -0.247 e. The lowest BCUT2D eigenvalue weighted by Crippen LogP contribution is -2.58. The van der Waals surface area contributed by atoms with Crippen LogP contribution in [-0.2, 0) is 19.6 Å². The zero-order valence-electron chi connectivity index (χ0n) is 27.5. The van der Waals surface area contributed by atoms with Crippen LogP contribution in [0.3, 0.4) is 0 Å². The Hall–Kier alpha value is -2.10. The van der Waals surface area contributed by atoms with Crippen molar-refractivity contribution in [3.8, 4) is 6.07 Å². The first kappa shape index (κ1) is 31.8. The minimum atomic E-state index is -0.479. The maximum atomic E-state index is 14.2. The highest BCUT2D eigenvalue weighted by Crippen LogP contribution is 2.50. The molecule has 7 heteroatoms. The summed E-state index contributed by atoms with van der Waals surface area (Å²) in [7, 11) is 0. The van der Waals surface area contributed by atoms with Gasteiger partial charge in [0.1, 0.15) is 0 Å². The summed E-state index contributed by atoms with van der Waals surface area (Å²) in [4.78, 5) is 42.5. The van der Waals surface area contributed by atoms with Crippen LogP contribution in [0.2, 0.25) is 0 Å². The molecule has 3 fully saturated rings. The number of nitriles is 1. The Bertz CT molecular complexity index is 1300. The van der Waals surface area contributed by atoms with Gasteiger partial charge in [-0.3, -0.25) is 0 Å². The van der Waals surface area contributed by atoms with E-state index in [4.69, 9.17) is 0 Å². The van der Waals surface area contributed by atoms with E-state index in [1.807, 2.05) is 0 Å². The number of rotatable bonds is 6. The smallest absolute Gasteiger partial charge is 0.247 e. The molecule has 0 saturated heterocycles. The van der Waals surface area contributed by atoms with Crippen molar-refractivity contribution in [1.29, 1.82) is 5.26 Å². The molecule has 0 bridgehead atoms. The van der Waals surface area contributed by atoms with E-state index >= 15 is 0 Å². The van der Waals surface area contributed by atoms with Gasteiger partial charge in [0.25, 0.3) is 0 Å². The molecule has 1 heterocycles. The Labute approximate surface area is 247 Å². The number of nitrogens with zero attached hydrogens (tertiary/aromatic N) is 4. The Balaban J connectivity index is 1.83. The standard InChI is InChI=1S/C34H56N4O3/c1-29(2)12-10-14-32(7,19-29)22-36-26(39)37(23-33(8)15-11-13-30(3,4)20-33)28(41)38(27(36)40)24-34(9)17-25(18-35)16-31(5,6)21-34/h25H,10-17,19-24H2,1-9H3. The lowest BCUT2D eigenvalue weighted by Gasteiger charge is -2.45. The van der Waals surface area contributed by atoms with Crippen molar-refractivity contribution >= 4 is 0 Å². The molecular formula is C34H56N4O3. The molecule has 0 spiro atoms. The van der Waals surface area contributed by atoms with Crippen molar-refractivity contribution in [2.75, 3.05) is 0 Å². The molecule has 4 rings (SSSR count). The van der Waals surface area contributed by atoms with Crippen LogP contribution in [0.15, 0.2) is 14.4 Å². The molecule has 0 aromatic carbocycles. The lowest BCUT2D eigenvalue weighted by molar-refractivity contribution is 0.0511. The Kier molecular flexibility index (Phi) is 8.20. The van der Waals surface area contributed by atoms with Gasteiger partial charge in [-0.15, -0.1) is 0 Å². The molecule has 230 valence electrons. The zero-order chi connectivity index (χ0) is 30.6. The Morgan fingerprint density at radius 2 is 0.951 bits per heavy atom. The third-order valence-electron chi connectivity index (χ3n) is 10.7. The summed E-state index contributed by atoms with van der Waals surface area (Å²) in [5, 5.41) is 9.83. The van der Waals surface area contributed by atoms with Crippen LogP contribution < -0.4 is 17.1 Å². The van der Waals surface area contributed by atoms with E-state index in [9.17, 15) is 19.6 Å². The van der Waals surface area contributed by atoms with E-state index in [2.05, 4.69) is 68.4 Å². The zero-order valence-corrected chi connectivity index (χ0v) is 27.5. The molecule has 0 radical (unpaired) electrons. The van der Waals surface area contributed by atoms with E-state index in [1.165, 1.54) is 13.7 Å². The number of hydrogen-bond acceptors (Lipinski definition) is 4. The van der Waals surface area contributed by atoms with Crippen molar-refractivity contribution in [2.45, 2.75) is 153 Å². The molecule has 4 unspecified atom stereocenters. The van der Waals surface area contributed by atoms with E-state index in [0.717, 1.165) is 64.2 Å². The van der Waals surface area contributed by atoms with Crippen LogP contribution in [0.5, 0.6) is 0 Å². The molecule has 0 aliphatic heterocycles. The summed E-state index contributed by atoms with van der Waals surface area (Å²) in [6, 6.07) is 2.47. The van der Waals surface area contributed by atoms with Gasteiger partial charge in [-0.2, -0.15) is 5.26 Å². The van der Waals surface area contributed by atoms with Gasteiger partial charge >= 0.3 is 17.1 Å². The van der Waals surface area contributed by atoms with Gasteiger partial charge in [0.2, 0.25) is 0 Å². The summed E-state index contributed by atoms with van der Waals surface area (Å²) in [5.41, 5.74) is -1.94. The van der Waals surface area contributed by atoms with Crippen molar-refractivity contribution in [3.05, 3.63) is 31.5 Å². The lowest BCUT2D eigenvalue weighted by atomic mass is 9.61. The van der Waals surface area contributed by atoms with E-state index in [1.54, 1.807) is 0 Å². The molecule has 0 N–H and O–H groups in total. The highest BCUT2D eigenvalue weighted by molar-refractivity contribution is 5.00. The van der Waals surface area contributed by atoms with Crippen LogP contribution in [0.1, 0.15) is 133 Å². The van der Waals surface area contributed by atoms with Gasteiger partial charge in [-0.05, 0) is 90.3 Å². The van der Waals surface area contributed by atoms with E-state index < -0.39 is 22.5 Å². The van der Waals surface area contributed by atoms with E-state index in [-0.39, 0.29) is 39.5 Å². The molecule has 3 aliphatic carbocycles. The normalized spacial score (nSPS) is 34.6. The molecular weight excluding hydrogens is 512 g/mol. The van der Waals surface area contributed by atoms with Crippen molar-refractivity contribution in [3.63, 3.8) is 0 Å². The van der Waals surface area contributed by atoms with Crippen LogP contribution >= 0.6 is 0 Å².